The summed E-state index contributed by atoms with van der Waals surface area (Å²) < 4.78 is 11.8. The van der Waals surface area contributed by atoms with Gasteiger partial charge in [0.2, 0.25) is 0 Å². The van der Waals surface area contributed by atoms with Gasteiger partial charge in [0.05, 0.1) is 4.47 Å². The molecule has 7 heteroatoms. The monoisotopic (exact) mass is 404 g/mol. The average Bonchev–Trinajstić information content (AvgIpc) is 2.45. The fourth-order valence-electron chi connectivity index (χ4n) is 1.86. The van der Waals surface area contributed by atoms with Crippen molar-refractivity contribution in [3.63, 3.8) is 0 Å². The highest BCUT2D eigenvalue weighted by Crippen LogP contribution is 2.30. The number of carbonyl (C=O) groups is 1. The molecule has 1 aromatic rings. The lowest BCUT2D eigenvalue weighted by molar-refractivity contribution is -0.147. The molecular formula is C16H25BrO5Si. The van der Waals surface area contributed by atoms with E-state index in [1.165, 1.54) is 0 Å². The fourth-order valence-corrected chi connectivity index (χ4v) is 3.12. The second-order valence-electron chi connectivity index (χ2n) is 6.74. The zero-order chi connectivity index (χ0) is 17.6. The summed E-state index contributed by atoms with van der Waals surface area (Å²) in [6.45, 7) is 9.40. The molecule has 0 amide bonds. The highest BCUT2D eigenvalue weighted by atomic mass is 79.9. The molecule has 0 spiro atoms. The van der Waals surface area contributed by atoms with E-state index in [4.69, 9.17) is 14.6 Å². The lowest BCUT2D eigenvalue weighted by Gasteiger charge is -2.17. The van der Waals surface area contributed by atoms with E-state index in [9.17, 15) is 9.90 Å². The third-order valence-corrected chi connectivity index (χ3v) is 5.83. The van der Waals surface area contributed by atoms with Crippen molar-refractivity contribution in [1.82, 2.24) is 0 Å². The summed E-state index contributed by atoms with van der Waals surface area (Å²) in [6, 6.07) is 6.33. The van der Waals surface area contributed by atoms with Gasteiger partial charge in [-0.2, -0.15) is 0 Å². The molecule has 130 valence electrons. The molecule has 2 N–H and O–H groups in total. The van der Waals surface area contributed by atoms with Crippen molar-refractivity contribution in [2.24, 2.45) is 0 Å². The van der Waals surface area contributed by atoms with Gasteiger partial charge in [-0.05, 0) is 39.7 Å². The van der Waals surface area contributed by atoms with E-state index in [0.717, 1.165) is 11.6 Å². The lowest BCUT2D eigenvalue weighted by atomic mass is 9.95. The Morgan fingerprint density at radius 3 is 2.52 bits per heavy atom. The predicted molar refractivity (Wildman–Crippen MR) is 95.8 cm³/mol. The number of aliphatic hydroxyl groups excluding tert-OH is 1. The molecule has 1 aromatic carbocycles. The number of ether oxygens (including phenoxy) is 2. The topological polar surface area (TPSA) is 76.0 Å². The lowest BCUT2D eigenvalue weighted by Crippen LogP contribution is -2.25. The molecule has 0 saturated heterocycles. The maximum absolute atomic E-state index is 10.8. The summed E-state index contributed by atoms with van der Waals surface area (Å²) in [6.07, 6.45) is -1.43. The van der Waals surface area contributed by atoms with Crippen LogP contribution in [0, 0.1) is 0 Å². The van der Waals surface area contributed by atoms with Gasteiger partial charge in [0.25, 0.3) is 0 Å². The highest BCUT2D eigenvalue weighted by molar-refractivity contribution is 9.10. The molecular weight excluding hydrogens is 380 g/mol. The Kier molecular flexibility index (Phi) is 7.73. The SMILES string of the molecule is CC(c1ccc(OCOCC[Si](C)(C)C)c(Br)c1)C(O)C(=O)O. The summed E-state index contributed by atoms with van der Waals surface area (Å²) in [7, 11) is -1.10. The van der Waals surface area contributed by atoms with Crippen LogP contribution in [0.1, 0.15) is 18.4 Å². The maximum atomic E-state index is 10.8. The second kappa shape index (κ2) is 8.82. The summed E-state index contributed by atoms with van der Waals surface area (Å²) in [5.74, 6) is -1.12. The van der Waals surface area contributed by atoms with Gasteiger partial charge in [-0.15, -0.1) is 0 Å². The van der Waals surface area contributed by atoms with Crippen molar-refractivity contribution < 1.29 is 24.5 Å². The predicted octanol–water partition coefficient (Wildman–Crippen LogP) is 3.69. The molecule has 0 fully saturated rings. The van der Waals surface area contributed by atoms with Gasteiger partial charge in [0.1, 0.15) is 5.75 Å². The summed E-state index contributed by atoms with van der Waals surface area (Å²) in [5, 5.41) is 18.5. The van der Waals surface area contributed by atoms with Crippen molar-refractivity contribution in [3.05, 3.63) is 28.2 Å². The van der Waals surface area contributed by atoms with E-state index in [1.807, 2.05) is 0 Å². The van der Waals surface area contributed by atoms with Crippen LogP contribution in [0.4, 0.5) is 0 Å². The Bertz CT molecular complexity index is 530. The van der Waals surface area contributed by atoms with Crippen molar-refractivity contribution in [2.45, 2.75) is 44.6 Å². The van der Waals surface area contributed by atoms with Crippen LogP contribution < -0.4 is 4.74 Å². The molecule has 0 aliphatic heterocycles. The minimum Gasteiger partial charge on any atom is -0.479 e. The van der Waals surface area contributed by atoms with Crippen LogP contribution in [0.15, 0.2) is 22.7 Å². The van der Waals surface area contributed by atoms with E-state index in [1.54, 1.807) is 25.1 Å². The van der Waals surface area contributed by atoms with Crippen molar-refractivity contribution in [3.8, 4) is 5.75 Å². The molecule has 1 rings (SSSR count). The van der Waals surface area contributed by atoms with Gasteiger partial charge in [0.15, 0.2) is 12.9 Å². The van der Waals surface area contributed by atoms with Crippen LogP contribution in [0.25, 0.3) is 0 Å². The number of rotatable bonds is 9. The Morgan fingerprint density at radius 1 is 1.35 bits per heavy atom. The molecule has 0 aromatic heterocycles. The minimum atomic E-state index is -1.43. The Labute approximate surface area is 146 Å². The fraction of sp³-hybridized carbons (Fsp3) is 0.562. The van der Waals surface area contributed by atoms with E-state index >= 15 is 0 Å². The molecule has 2 atom stereocenters. The molecule has 0 bridgehead atoms. The Morgan fingerprint density at radius 2 is 2.00 bits per heavy atom. The number of carboxylic acid groups (broad SMARTS) is 1. The van der Waals surface area contributed by atoms with Gasteiger partial charge in [0, 0.05) is 20.6 Å². The summed E-state index contributed by atoms with van der Waals surface area (Å²) in [4.78, 5) is 10.8. The molecule has 23 heavy (non-hydrogen) atoms. The molecule has 0 aliphatic carbocycles. The number of hydrogen-bond donors (Lipinski definition) is 2. The van der Waals surface area contributed by atoms with Crippen molar-refractivity contribution >= 4 is 30.0 Å². The van der Waals surface area contributed by atoms with E-state index in [0.29, 0.717) is 16.8 Å². The van der Waals surface area contributed by atoms with Crippen LogP contribution >= 0.6 is 15.9 Å². The number of carboxylic acids is 1. The largest absolute Gasteiger partial charge is 0.479 e. The Hall–Kier alpha value is -0.893. The quantitative estimate of drug-likeness (QED) is 0.372. The highest BCUT2D eigenvalue weighted by Gasteiger charge is 2.23. The molecule has 0 aliphatic rings. The standard InChI is InChI=1S/C16H25BrO5Si/c1-11(15(18)16(19)20)12-5-6-14(13(17)9-12)22-10-21-7-8-23(2,3)4/h5-6,9,11,15,18H,7-8,10H2,1-4H3,(H,19,20). The normalized spacial score (nSPS) is 14.3. The zero-order valence-corrected chi connectivity index (χ0v) is 16.6. The van der Waals surface area contributed by atoms with E-state index in [-0.39, 0.29) is 6.79 Å². The molecule has 0 heterocycles. The first-order valence-electron chi connectivity index (χ1n) is 7.52. The molecule has 0 radical (unpaired) electrons. The van der Waals surface area contributed by atoms with Crippen molar-refractivity contribution in [2.75, 3.05) is 13.4 Å². The first kappa shape index (κ1) is 20.2. The average molecular weight is 405 g/mol. The van der Waals surface area contributed by atoms with Gasteiger partial charge < -0.3 is 19.7 Å². The van der Waals surface area contributed by atoms with Crippen LogP contribution in [0.3, 0.4) is 0 Å². The molecule has 5 nitrogen and oxygen atoms in total. The first-order valence-corrected chi connectivity index (χ1v) is 12.0. The second-order valence-corrected chi connectivity index (χ2v) is 13.2. The number of hydrogen-bond acceptors (Lipinski definition) is 4. The smallest absolute Gasteiger partial charge is 0.333 e. The van der Waals surface area contributed by atoms with E-state index < -0.39 is 26.1 Å². The summed E-state index contributed by atoms with van der Waals surface area (Å²) >= 11 is 3.40. The third-order valence-electron chi connectivity index (χ3n) is 3.50. The van der Waals surface area contributed by atoms with Crippen LogP contribution in [0.2, 0.25) is 25.7 Å². The first-order chi connectivity index (χ1) is 10.6. The van der Waals surface area contributed by atoms with Crippen LogP contribution in [0.5, 0.6) is 5.75 Å². The number of halogens is 1. The minimum absolute atomic E-state index is 0.176. The van der Waals surface area contributed by atoms with Gasteiger partial charge in [-0.3, -0.25) is 0 Å². The van der Waals surface area contributed by atoms with Crippen LogP contribution in [-0.2, 0) is 9.53 Å². The molecule has 2 unspecified atom stereocenters. The maximum Gasteiger partial charge on any atom is 0.333 e. The van der Waals surface area contributed by atoms with Crippen molar-refractivity contribution in [1.29, 1.82) is 0 Å². The van der Waals surface area contributed by atoms with Gasteiger partial charge >= 0.3 is 5.97 Å². The number of aliphatic carboxylic acids is 1. The van der Waals surface area contributed by atoms with Gasteiger partial charge in [-0.25, -0.2) is 4.79 Å². The van der Waals surface area contributed by atoms with Crippen LogP contribution in [-0.4, -0.2) is 43.8 Å². The summed E-state index contributed by atoms with van der Waals surface area (Å²) in [5.41, 5.74) is 0.721. The zero-order valence-electron chi connectivity index (χ0n) is 14.0. The van der Waals surface area contributed by atoms with Gasteiger partial charge in [-0.1, -0.05) is 32.6 Å². The molecule has 0 saturated carbocycles. The van der Waals surface area contributed by atoms with E-state index in [2.05, 4.69) is 35.6 Å². The number of benzene rings is 1. The third kappa shape index (κ3) is 7.03. The Balaban J connectivity index is 2.55. The number of aliphatic hydroxyl groups is 1.